The Hall–Kier alpha value is -3.62. The van der Waals surface area contributed by atoms with Crippen LogP contribution in [0.3, 0.4) is 0 Å². The maximum absolute atomic E-state index is 12.1. The summed E-state index contributed by atoms with van der Waals surface area (Å²) in [5, 5.41) is 15.6. The lowest BCUT2D eigenvalue weighted by Crippen LogP contribution is -2.29. The number of nitro benzene ring substituents is 1. The number of amides is 2. The van der Waals surface area contributed by atoms with Gasteiger partial charge in [-0.05, 0) is 25.1 Å². The predicted octanol–water partition coefficient (Wildman–Crippen LogP) is 2.58. The highest BCUT2D eigenvalue weighted by atomic mass is 16.6. The van der Waals surface area contributed by atoms with Crippen molar-refractivity contribution in [2.45, 2.75) is 6.92 Å². The maximum atomic E-state index is 12.1. The average molecular weight is 359 g/mol. The van der Waals surface area contributed by atoms with Crippen molar-refractivity contribution >= 4 is 28.9 Å². The first-order valence-corrected chi connectivity index (χ1v) is 7.62. The van der Waals surface area contributed by atoms with E-state index in [0.29, 0.717) is 18.0 Å². The highest BCUT2D eigenvalue weighted by Gasteiger charge is 2.19. The molecule has 0 aliphatic rings. The van der Waals surface area contributed by atoms with Crippen LogP contribution in [-0.2, 0) is 9.59 Å². The molecule has 26 heavy (non-hydrogen) atoms. The molecular weight excluding hydrogens is 342 g/mol. The molecule has 2 aromatic rings. The summed E-state index contributed by atoms with van der Waals surface area (Å²) in [6, 6.07) is 10.3. The van der Waals surface area contributed by atoms with Crippen LogP contribution in [0.1, 0.15) is 6.92 Å². The van der Waals surface area contributed by atoms with Crippen molar-refractivity contribution in [3.05, 3.63) is 52.6 Å². The van der Waals surface area contributed by atoms with Crippen LogP contribution in [0.25, 0.3) is 0 Å². The highest BCUT2D eigenvalue weighted by Crippen LogP contribution is 2.29. The maximum Gasteiger partial charge on any atom is 0.314 e. The fraction of sp³-hybridized carbons (Fsp3) is 0.176. The van der Waals surface area contributed by atoms with Gasteiger partial charge in [-0.25, -0.2) is 0 Å². The van der Waals surface area contributed by atoms with E-state index in [2.05, 4.69) is 10.6 Å². The van der Waals surface area contributed by atoms with Gasteiger partial charge in [0.1, 0.15) is 11.5 Å². The van der Waals surface area contributed by atoms with Gasteiger partial charge in [0, 0.05) is 12.1 Å². The standard InChI is InChI=1S/C17H17N3O6/c1-3-26-15-7-5-4-6-12(15)18-16(21)17(22)19-13-10-11(20(23)24)8-9-14(13)25-2/h4-10H,3H2,1-2H3,(H,18,21)(H,19,22). The van der Waals surface area contributed by atoms with Crippen molar-refractivity contribution in [2.75, 3.05) is 24.4 Å². The second-order valence-corrected chi connectivity index (χ2v) is 4.98. The molecule has 0 aliphatic carbocycles. The molecule has 0 aromatic heterocycles. The quantitative estimate of drug-likeness (QED) is 0.465. The minimum Gasteiger partial charge on any atom is -0.495 e. The summed E-state index contributed by atoms with van der Waals surface area (Å²) in [6.07, 6.45) is 0. The minimum absolute atomic E-state index is 0.0138. The van der Waals surface area contributed by atoms with Gasteiger partial charge >= 0.3 is 11.8 Å². The van der Waals surface area contributed by atoms with Crippen LogP contribution in [0.5, 0.6) is 11.5 Å². The smallest absolute Gasteiger partial charge is 0.314 e. The Morgan fingerprint density at radius 1 is 1.04 bits per heavy atom. The van der Waals surface area contributed by atoms with Crippen molar-refractivity contribution in [3.63, 3.8) is 0 Å². The molecule has 2 N–H and O–H groups in total. The Balaban J connectivity index is 2.16. The molecule has 2 amide bonds. The number of non-ortho nitro benzene ring substituents is 1. The molecule has 0 radical (unpaired) electrons. The van der Waals surface area contributed by atoms with Gasteiger partial charge < -0.3 is 20.1 Å². The van der Waals surface area contributed by atoms with Crippen molar-refractivity contribution in [1.29, 1.82) is 0 Å². The molecule has 0 unspecified atom stereocenters. The average Bonchev–Trinajstić information content (AvgIpc) is 2.63. The fourth-order valence-electron chi connectivity index (χ4n) is 2.12. The Morgan fingerprint density at radius 2 is 1.69 bits per heavy atom. The van der Waals surface area contributed by atoms with Crippen molar-refractivity contribution in [1.82, 2.24) is 0 Å². The zero-order valence-corrected chi connectivity index (χ0v) is 14.1. The number of hydrogen-bond acceptors (Lipinski definition) is 6. The molecule has 2 rings (SSSR count). The van der Waals surface area contributed by atoms with Gasteiger partial charge in [-0.15, -0.1) is 0 Å². The van der Waals surface area contributed by atoms with Gasteiger partial charge in [0.2, 0.25) is 0 Å². The second-order valence-electron chi connectivity index (χ2n) is 4.98. The summed E-state index contributed by atoms with van der Waals surface area (Å²) >= 11 is 0. The number of nitrogens with zero attached hydrogens (tertiary/aromatic N) is 1. The van der Waals surface area contributed by atoms with Crippen molar-refractivity contribution < 1.29 is 24.0 Å². The van der Waals surface area contributed by atoms with E-state index in [-0.39, 0.29) is 17.1 Å². The number of ether oxygens (including phenoxy) is 2. The third-order valence-electron chi connectivity index (χ3n) is 3.28. The lowest BCUT2D eigenvalue weighted by molar-refractivity contribution is -0.384. The summed E-state index contributed by atoms with van der Waals surface area (Å²) in [6.45, 7) is 2.18. The Labute approximate surface area is 149 Å². The van der Waals surface area contributed by atoms with E-state index in [1.54, 1.807) is 31.2 Å². The highest BCUT2D eigenvalue weighted by molar-refractivity contribution is 6.44. The molecule has 0 saturated heterocycles. The molecule has 0 atom stereocenters. The summed E-state index contributed by atoms with van der Waals surface area (Å²) in [7, 11) is 1.34. The molecule has 0 heterocycles. The largest absolute Gasteiger partial charge is 0.495 e. The van der Waals surface area contributed by atoms with Crippen molar-refractivity contribution in [2.24, 2.45) is 0 Å². The van der Waals surface area contributed by atoms with Crippen molar-refractivity contribution in [3.8, 4) is 11.5 Å². The number of carbonyl (C=O) groups excluding carboxylic acids is 2. The predicted molar refractivity (Wildman–Crippen MR) is 94.5 cm³/mol. The summed E-state index contributed by atoms with van der Waals surface area (Å²) in [5.74, 6) is -1.35. The SMILES string of the molecule is CCOc1ccccc1NC(=O)C(=O)Nc1cc([N+](=O)[O-])ccc1OC. The van der Waals surface area contributed by atoms with E-state index in [1.165, 1.54) is 19.2 Å². The van der Waals surface area contributed by atoms with Crippen LogP contribution in [0.15, 0.2) is 42.5 Å². The molecule has 0 aliphatic heterocycles. The number of anilines is 2. The summed E-state index contributed by atoms with van der Waals surface area (Å²) in [4.78, 5) is 34.5. The minimum atomic E-state index is -1.00. The van der Waals surface area contributed by atoms with E-state index in [1.807, 2.05) is 0 Å². The van der Waals surface area contributed by atoms with E-state index >= 15 is 0 Å². The number of nitro groups is 1. The van der Waals surface area contributed by atoms with Gasteiger partial charge in [0.05, 0.1) is 30.0 Å². The van der Waals surface area contributed by atoms with Gasteiger partial charge in [0.15, 0.2) is 0 Å². The first-order chi connectivity index (χ1) is 12.5. The topological polar surface area (TPSA) is 120 Å². The number of benzene rings is 2. The molecule has 0 saturated carbocycles. The number of rotatable bonds is 6. The van der Waals surface area contributed by atoms with Gasteiger partial charge in [-0.1, -0.05) is 12.1 Å². The number of hydrogen-bond donors (Lipinski definition) is 2. The zero-order chi connectivity index (χ0) is 19.1. The molecule has 136 valence electrons. The van der Waals surface area contributed by atoms with Crippen LogP contribution in [-0.4, -0.2) is 30.5 Å². The summed E-state index contributed by atoms with van der Waals surface area (Å²) < 4.78 is 10.4. The van der Waals surface area contributed by atoms with E-state index in [9.17, 15) is 19.7 Å². The number of para-hydroxylation sites is 2. The number of methoxy groups -OCH3 is 1. The lowest BCUT2D eigenvalue weighted by atomic mass is 10.2. The lowest BCUT2D eigenvalue weighted by Gasteiger charge is -2.12. The second kappa shape index (κ2) is 8.47. The Morgan fingerprint density at radius 3 is 2.31 bits per heavy atom. The zero-order valence-electron chi connectivity index (χ0n) is 14.1. The Kier molecular flexibility index (Phi) is 6.10. The van der Waals surface area contributed by atoms with Crippen LogP contribution in [0, 0.1) is 10.1 Å². The van der Waals surface area contributed by atoms with Crippen LogP contribution >= 0.6 is 0 Å². The van der Waals surface area contributed by atoms with E-state index < -0.39 is 16.7 Å². The molecule has 9 heteroatoms. The molecule has 9 nitrogen and oxygen atoms in total. The number of nitrogens with one attached hydrogen (secondary N) is 2. The van der Waals surface area contributed by atoms with E-state index in [4.69, 9.17) is 9.47 Å². The third kappa shape index (κ3) is 4.47. The first kappa shape index (κ1) is 18.7. The first-order valence-electron chi connectivity index (χ1n) is 7.62. The van der Waals surface area contributed by atoms with Gasteiger partial charge in [0.25, 0.3) is 5.69 Å². The molecule has 0 spiro atoms. The van der Waals surface area contributed by atoms with Crippen LogP contribution < -0.4 is 20.1 Å². The number of carbonyl (C=O) groups is 2. The third-order valence-corrected chi connectivity index (χ3v) is 3.28. The molecular formula is C17H17N3O6. The monoisotopic (exact) mass is 359 g/mol. The molecule has 0 bridgehead atoms. The molecule has 2 aromatic carbocycles. The fourth-order valence-corrected chi connectivity index (χ4v) is 2.12. The normalized spacial score (nSPS) is 9.92. The van der Waals surface area contributed by atoms with E-state index in [0.717, 1.165) is 6.07 Å². The Bertz CT molecular complexity index is 837. The van der Waals surface area contributed by atoms with Gasteiger partial charge in [-0.3, -0.25) is 19.7 Å². The summed E-state index contributed by atoms with van der Waals surface area (Å²) in [5.41, 5.74) is 0.101. The van der Waals surface area contributed by atoms with Crippen LogP contribution in [0.4, 0.5) is 17.1 Å². The van der Waals surface area contributed by atoms with Gasteiger partial charge in [-0.2, -0.15) is 0 Å². The van der Waals surface area contributed by atoms with Crippen LogP contribution in [0.2, 0.25) is 0 Å². The molecule has 0 fully saturated rings.